The zero-order valence-corrected chi connectivity index (χ0v) is 16.9. The van der Waals surface area contributed by atoms with Gasteiger partial charge in [0, 0.05) is 29.0 Å². The van der Waals surface area contributed by atoms with Gasteiger partial charge in [0.15, 0.2) is 0 Å². The number of sulfonamides is 1. The Labute approximate surface area is 171 Å². The van der Waals surface area contributed by atoms with Crippen molar-refractivity contribution in [1.29, 1.82) is 0 Å². The van der Waals surface area contributed by atoms with Gasteiger partial charge in [-0.2, -0.15) is 0 Å². The van der Waals surface area contributed by atoms with Crippen LogP contribution < -0.4 is 5.14 Å². The summed E-state index contributed by atoms with van der Waals surface area (Å²) >= 11 is 0. The van der Waals surface area contributed by atoms with Crippen molar-refractivity contribution in [2.45, 2.75) is 25.7 Å². The summed E-state index contributed by atoms with van der Waals surface area (Å²) in [7, 11) is -3.93. The number of H-pyrrole nitrogens is 1. The van der Waals surface area contributed by atoms with E-state index in [0.29, 0.717) is 16.5 Å². The summed E-state index contributed by atoms with van der Waals surface area (Å²) in [5.41, 5.74) is 1.17. The number of esters is 1. The average Bonchev–Trinajstić information content (AvgIpc) is 3.01. The zero-order chi connectivity index (χ0) is 22.2. The molecule has 1 heterocycles. The molecule has 8 nitrogen and oxygen atoms in total. The van der Waals surface area contributed by atoms with Gasteiger partial charge in [-0.3, -0.25) is 4.79 Å². The Morgan fingerprint density at radius 2 is 1.97 bits per heavy atom. The van der Waals surface area contributed by atoms with E-state index in [1.165, 1.54) is 19.1 Å². The highest BCUT2D eigenvalue weighted by Gasteiger charge is 2.23. The summed E-state index contributed by atoms with van der Waals surface area (Å²) in [6, 6.07) is 8.78. The van der Waals surface area contributed by atoms with Crippen molar-refractivity contribution in [2.75, 3.05) is 0 Å². The molecular formula is C20H19FN2O6S. The lowest BCUT2D eigenvalue weighted by Gasteiger charge is -2.13. The second kappa shape index (κ2) is 7.88. The predicted octanol–water partition coefficient (Wildman–Crippen LogP) is 3.08. The van der Waals surface area contributed by atoms with Gasteiger partial charge in [0.1, 0.15) is 17.6 Å². The van der Waals surface area contributed by atoms with Crippen molar-refractivity contribution in [3.8, 4) is 11.1 Å². The smallest absolute Gasteiger partial charge is 0.352 e. The second-order valence-electron chi connectivity index (χ2n) is 6.82. The van der Waals surface area contributed by atoms with E-state index in [-0.39, 0.29) is 22.4 Å². The van der Waals surface area contributed by atoms with Gasteiger partial charge in [0.25, 0.3) is 0 Å². The summed E-state index contributed by atoms with van der Waals surface area (Å²) in [6.07, 6.45) is -0.645. The predicted molar refractivity (Wildman–Crippen MR) is 108 cm³/mol. The van der Waals surface area contributed by atoms with Crippen molar-refractivity contribution in [1.82, 2.24) is 4.98 Å². The molecule has 1 aromatic heterocycles. The molecule has 2 aromatic carbocycles. The molecule has 1 atom stereocenters. The summed E-state index contributed by atoms with van der Waals surface area (Å²) in [4.78, 5) is 26.0. The fourth-order valence-electron chi connectivity index (χ4n) is 3.39. The number of primary sulfonamides is 1. The molecule has 0 aliphatic rings. The number of hydrogen-bond donors (Lipinski definition) is 3. The lowest BCUT2D eigenvalue weighted by molar-refractivity contribution is -0.145. The quantitative estimate of drug-likeness (QED) is 0.510. The average molecular weight is 434 g/mol. The highest BCUT2D eigenvalue weighted by Crippen LogP contribution is 2.37. The number of carbonyl (C=O) groups excluding carboxylic acids is 1. The number of carboxylic acid groups (broad SMARTS) is 1. The van der Waals surface area contributed by atoms with Crippen LogP contribution in [0.15, 0.2) is 36.4 Å². The molecule has 0 radical (unpaired) electrons. The van der Waals surface area contributed by atoms with E-state index in [1.807, 2.05) is 0 Å². The van der Waals surface area contributed by atoms with Crippen LogP contribution in [-0.4, -0.2) is 30.4 Å². The molecule has 0 amide bonds. The Morgan fingerprint density at radius 1 is 1.27 bits per heavy atom. The largest absolute Gasteiger partial charge is 0.477 e. The molecule has 0 unspecified atom stereocenters. The highest BCUT2D eigenvalue weighted by atomic mass is 32.2. The number of aromatic carboxylic acids is 1. The van der Waals surface area contributed by atoms with Gasteiger partial charge in [-0.05, 0) is 18.6 Å². The summed E-state index contributed by atoms with van der Waals surface area (Å²) in [5.74, 6) is -3.25. The van der Waals surface area contributed by atoms with Gasteiger partial charge >= 0.3 is 11.9 Å². The summed E-state index contributed by atoms with van der Waals surface area (Å²) in [5, 5.41) is 15.1. The number of fused-ring (bicyclic) bond motifs is 1. The lowest BCUT2D eigenvalue weighted by Crippen LogP contribution is -2.15. The molecule has 0 aliphatic carbocycles. The van der Waals surface area contributed by atoms with Crippen molar-refractivity contribution in [3.63, 3.8) is 0 Å². The number of carboxylic acids is 1. The fourth-order valence-corrected chi connectivity index (χ4v) is 4.06. The minimum absolute atomic E-state index is 0.123. The first-order valence-electron chi connectivity index (χ1n) is 8.82. The van der Waals surface area contributed by atoms with E-state index in [4.69, 9.17) is 9.88 Å². The van der Waals surface area contributed by atoms with Crippen LogP contribution in [0.3, 0.4) is 0 Å². The third kappa shape index (κ3) is 4.34. The molecular weight excluding hydrogens is 415 g/mol. The Balaban J connectivity index is 2.21. The van der Waals surface area contributed by atoms with Crippen LogP contribution in [0.5, 0.6) is 0 Å². The van der Waals surface area contributed by atoms with Crippen molar-refractivity contribution < 1.29 is 32.2 Å². The number of benzene rings is 2. The van der Waals surface area contributed by atoms with Crippen LogP contribution in [0.4, 0.5) is 4.39 Å². The number of aromatic nitrogens is 1. The summed E-state index contributed by atoms with van der Waals surface area (Å²) < 4.78 is 42.2. The number of aromatic amines is 1. The number of para-hydroxylation sites is 1. The van der Waals surface area contributed by atoms with E-state index < -0.39 is 39.6 Å². The zero-order valence-electron chi connectivity index (χ0n) is 16.1. The molecule has 0 spiro atoms. The van der Waals surface area contributed by atoms with Crippen molar-refractivity contribution in [2.24, 2.45) is 5.14 Å². The maximum absolute atomic E-state index is 14.5. The highest BCUT2D eigenvalue weighted by molar-refractivity contribution is 7.88. The maximum Gasteiger partial charge on any atom is 0.352 e. The standard InChI is InChI=1S/C20H19FN2O6S/c1-10(29-11(2)24)14-4-3-5-15-17(19(20(25)26)23-18(14)15)12-6-7-13(16(21)8-12)9-30(22,27)28/h3-8,10,23H,9H2,1-2H3,(H,25,26)(H2,22,27,28)/t10-/m0/s1. The van der Waals surface area contributed by atoms with Crippen LogP contribution in [0.2, 0.25) is 0 Å². The molecule has 0 fully saturated rings. The lowest BCUT2D eigenvalue weighted by atomic mass is 9.98. The number of rotatable bonds is 6. The number of carbonyl (C=O) groups is 2. The minimum Gasteiger partial charge on any atom is -0.477 e. The fraction of sp³-hybridized carbons (Fsp3) is 0.200. The molecule has 158 valence electrons. The number of halogens is 1. The molecule has 0 saturated heterocycles. The topological polar surface area (TPSA) is 140 Å². The van der Waals surface area contributed by atoms with Gasteiger partial charge in [0.05, 0.1) is 11.3 Å². The van der Waals surface area contributed by atoms with Crippen LogP contribution in [-0.2, 0) is 25.3 Å². The van der Waals surface area contributed by atoms with Gasteiger partial charge in [0.2, 0.25) is 10.0 Å². The van der Waals surface area contributed by atoms with E-state index in [0.717, 1.165) is 6.07 Å². The molecule has 30 heavy (non-hydrogen) atoms. The Morgan fingerprint density at radius 3 is 2.53 bits per heavy atom. The molecule has 3 rings (SSSR count). The number of nitrogens with one attached hydrogen (secondary N) is 1. The van der Waals surface area contributed by atoms with Crippen molar-refractivity contribution in [3.05, 3.63) is 59.0 Å². The van der Waals surface area contributed by atoms with Crippen LogP contribution in [0.1, 0.15) is 41.6 Å². The normalized spacial score (nSPS) is 12.7. The van der Waals surface area contributed by atoms with Gasteiger partial charge in [-0.25, -0.2) is 22.7 Å². The van der Waals surface area contributed by atoms with Crippen LogP contribution >= 0.6 is 0 Å². The molecule has 0 aliphatic heterocycles. The first-order chi connectivity index (χ1) is 14.0. The van der Waals surface area contributed by atoms with Gasteiger partial charge in [-0.15, -0.1) is 0 Å². The Bertz CT molecular complexity index is 1270. The minimum atomic E-state index is -3.93. The third-order valence-electron chi connectivity index (χ3n) is 4.56. The third-order valence-corrected chi connectivity index (χ3v) is 5.27. The SMILES string of the molecule is CC(=O)O[C@@H](C)c1cccc2c(-c3ccc(CS(N)(=O)=O)c(F)c3)c(C(=O)O)[nH]c12. The second-order valence-corrected chi connectivity index (χ2v) is 8.43. The van der Waals surface area contributed by atoms with Gasteiger partial charge in [-0.1, -0.05) is 30.3 Å². The number of nitrogens with two attached hydrogens (primary N) is 1. The van der Waals surface area contributed by atoms with E-state index in [9.17, 15) is 27.5 Å². The molecule has 0 saturated carbocycles. The van der Waals surface area contributed by atoms with Gasteiger partial charge < -0.3 is 14.8 Å². The Kier molecular flexibility index (Phi) is 5.64. The van der Waals surface area contributed by atoms with E-state index in [1.54, 1.807) is 25.1 Å². The molecule has 10 heteroatoms. The first-order valence-corrected chi connectivity index (χ1v) is 10.5. The Hall–Kier alpha value is -3.24. The number of ether oxygens (including phenoxy) is 1. The van der Waals surface area contributed by atoms with Crippen LogP contribution in [0, 0.1) is 5.82 Å². The van der Waals surface area contributed by atoms with E-state index in [2.05, 4.69) is 4.98 Å². The molecule has 3 aromatic rings. The molecule has 0 bridgehead atoms. The molecule has 4 N–H and O–H groups in total. The monoisotopic (exact) mass is 434 g/mol. The first kappa shape index (κ1) is 21.5. The number of hydrogen-bond acceptors (Lipinski definition) is 5. The summed E-state index contributed by atoms with van der Waals surface area (Å²) in [6.45, 7) is 2.92. The van der Waals surface area contributed by atoms with Crippen molar-refractivity contribution >= 4 is 32.9 Å². The van der Waals surface area contributed by atoms with E-state index >= 15 is 0 Å². The maximum atomic E-state index is 14.5. The van der Waals surface area contributed by atoms with Crippen LogP contribution in [0.25, 0.3) is 22.0 Å².